The SMILES string of the molecule is CN1C(=O)c2c(nc(S(C)(=O)=O)n2C)N(CC#Cc2cc(NC(=O)C3CC3)cc(NC(=O)C3CC3)c2F)C1O. The first-order valence-corrected chi connectivity index (χ1v) is 14.2. The number of hydrogen-bond donors (Lipinski definition) is 3. The Morgan fingerprint density at radius 1 is 1.13 bits per heavy atom. The Morgan fingerprint density at radius 3 is 2.33 bits per heavy atom. The van der Waals surface area contributed by atoms with Crippen LogP contribution >= 0.6 is 0 Å². The molecular weight excluding hydrogens is 531 g/mol. The van der Waals surface area contributed by atoms with Gasteiger partial charge in [0, 0.05) is 37.9 Å². The average molecular weight is 559 g/mol. The zero-order valence-corrected chi connectivity index (χ0v) is 22.3. The molecule has 39 heavy (non-hydrogen) atoms. The highest BCUT2D eigenvalue weighted by atomic mass is 32.2. The summed E-state index contributed by atoms with van der Waals surface area (Å²) in [4.78, 5) is 43.7. The first kappa shape index (κ1) is 26.6. The number of fused-ring (bicyclic) bond motifs is 1. The molecule has 12 nitrogen and oxygen atoms in total. The number of hydrogen-bond acceptors (Lipinski definition) is 8. The van der Waals surface area contributed by atoms with Gasteiger partial charge in [0.05, 0.1) is 17.8 Å². The molecule has 2 heterocycles. The molecule has 206 valence electrons. The Labute approximate surface area is 224 Å². The Hall–Kier alpha value is -3.96. The van der Waals surface area contributed by atoms with Crippen LogP contribution in [0.1, 0.15) is 41.7 Å². The van der Waals surface area contributed by atoms with Gasteiger partial charge in [-0.2, -0.15) is 4.98 Å². The van der Waals surface area contributed by atoms with E-state index < -0.39 is 27.9 Å². The van der Waals surface area contributed by atoms with Crippen molar-refractivity contribution in [3.05, 3.63) is 29.2 Å². The van der Waals surface area contributed by atoms with Gasteiger partial charge in [-0.15, -0.1) is 0 Å². The van der Waals surface area contributed by atoms with Crippen molar-refractivity contribution >= 4 is 44.8 Å². The van der Waals surface area contributed by atoms with Crippen LogP contribution < -0.4 is 15.5 Å². The monoisotopic (exact) mass is 558 g/mol. The minimum atomic E-state index is -3.79. The van der Waals surface area contributed by atoms with E-state index in [9.17, 15) is 27.9 Å². The number of imidazole rings is 1. The highest BCUT2D eigenvalue weighted by molar-refractivity contribution is 7.90. The summed E-state index contributed by atoms with van der Waals surface area (Å²) in [7, 11) is -1.08. The van der Waals surface area contributed by atoms with Crippen LogP contribution in [0.25, 0.3) is 0 Å². The number of anilines is 3. The number of nitrogens with zero attached hydrogens (tertiary/aromatic N) is 4. The van der Waals surface area contributed by atoms with Crippen molar-refractivity contribution in [2.45, 2.75) is 37.2 Å². The van der Waals surface area contributed by atoms with Gasteiger partial charge < -0.3 is 25.2 Å². The third-order valence-corrected chi connectivity index (χ3v) is 7.78. The second kappa shape index (κ2) is 9.65. The van der Waals surface area contributed by atoms with Crippen molar-refractivity contribution in [1.29, 1.82) is 0 Å². The lowest BCUT2D eigenvalue weighted by Crippen LogP contribution is -2.54. The number of carbonyl (C=O) groups excluding carboxylic acids is 3. The molecule has 1 aliphatic heterocycles. The molecule has 2 aliphatic carbocycles. The van der Waals surface area contributed by atoms with Gasteiger partial charge in [-0.3, -0.25) is 19.3 Å². The van der Waals surface area contributed by atoms with Crippen molar-refractivity contribution in [2.24, 2.45) is 18.9 Å². The van der Waals surface area contributed by atoms with E-state index in [1.165, 1.54) is 31.1 Å². The van der Waals surface area contributed by atoms with E-state index >= 15 is 4.39 Å². The number of aromatic nitrogens is 2. The number of carbonyl (C=O) groups is 3. The van der Waals surface area contributed by atoms with E-state index in [1.807, 2.05) is 0 Å². The molecule has 0 spiro atoms. The van der Waals surface area contributed by atoms with E-state index in [0.717, 1.165) is 41.4 Å². The normalized spacial score (nSPS) is 18.8. The zero-order chi connectivity index (χ0) is 28.2. The lowest BCUT2D eigenvalue weighted by molar-refractivity contribution is -0.118. The fraction of sp³-hybridized carbons (Fsp3) is 0.440. The smallest absolute Gasteiger partial charge is 0.277 e. The Kier molecular flexibility index (Phi) is 6.59. The standard InChI is InChI=1S/C25H27FN6O6S/c1-30-19-20(29-24(30)39(3,37)38)32(25(36)31(2)23(19)35)10-4-5-15-11-16(27-21(33)13-6-7-13)12-17(18(15)26)28-22(34)14-8-9-14/h11-14,25,36H,6-10H2,1-3H3,(H,27,33)(H,28,34). The molecule has 3 N–H and O–H groups in total. The predicted molar refractivity (Wildman–Crippen MR) is 138 cm³/mol. The maximum atomic E-state index is 15.4. The highest BCUT2D eigenvalue weighted by Gasteiger charge is 2.40. The summed E-state index contributed by atoms with van der Waals surface area (Å²) in [6.07, 6.45) is 2.44. The molecule has 1 unspecified atom stereocenters. The van der Waals surface area contributed by atoms with Crippen LogP contribution in [0, 0.1) is 29.5 Å². The van der Waals surface area contributed by atoms with Gasteiger partial charge in [-0.25, -0.2) is 12.8 Å². The quantitative estimate of drug-likeness (QED) is 0.442. The summed E-state index contributed by atoms with van der Waals surface area (Å²) in [6.45, 7) is -0.256. The molecule has 3 aliphatic rings. The molecule has 5 rings (SSSR count). The molecule has 2 fully saturated rings. The van der Waals surface area contributed by atoms with E-state index in [1.54, 1.807) is 0 Å². The summed E-state index contributed by atoms with van der Waals surface area (Å²) in [5.41, 5.74) is 0.00420. The van der Waals surface area contributed by atoms with Crippen LogP contribution in [0.3, 0.4) is 0 Å². The number of halogens is 1. The van der Waals surface area contributed by atoms with Crippen LogP contribution in [-0.4, -0.2) is 71.9 Å². The Balaban J connectivity index is 1.47. The lowest BCUT2D eigenvalue weighted by Gasteiger charge is -2.37. The van der Waals surface area contributed by atoms with E-state index in [0.29, 0.717) is 0 Å². The van der Waals surface area contributed by atoms with Crippen LogP contribution in [0.15, 0.2) is 17.3 Å². The van der Waals surface area contributed by atoms with Crippen molar-refractivity contribution in [3.8, 4) is 11.8 Å². The molecule has 1 aromatic heterocycles. The number of aliphatic hydroxyl groups excluding tert-OH is 1. The second-order valence-corrected chi connectivity index (χ2v) is 11.9. The molecule has 1 aromatic carbocycles. The molecule has 0 bridgehead atoms. The second-order valence-electron chi connectivity index (χ2n) is 10.0. The molecule has 1 atom stereocenters. The Bertz CT molecular complexity index is 1570. The number of nitrogens with one attached hydrogen (secondary N) is 2. The third kappa shape index (κ3) is 5.19. The van der Waals surface area contributed by atoms with Crippen molar-refractivity contribution in [2.75, 3.05) is 35.4 Å². The van der Waals surface area contributed by atoms with Gasteiger partial charge in [0.15, 0.2) is 17.3 Å². The summed E-state index contributed by atoms with van der Waals surface area (Å²) >= 11 is 0. The molecule has 14 heteroatoms. The van der Waals surface area contributed by atoms with Gasteiger partial charge in [0.25, 0.3) is 5.91 Å². The van der Waals surface area contributed by atoms with Gasteiger partial charge in [0.1, 0.15) is 0 Å². The number of rotatable bonds is 6. The molecule has 2 saturated carbocycles. The Morgan fingerprint density at radius 2 is 1.74 bits per heavy atom. The first-order chi connectivity index (χ1) is 18.4. The van der Waals surface area contributed by atoms with E-state index in [2.05, 4.69) is 27.5 Å². The van der Waals surface area contributed by atoms with E-state index in [4.69, 9.17) is 0 Å². The average Bonchev–Trinajstić information content (AvgIpc) is 3.78. The molecular formula is C25H27FN6O6S. The van der Waals surface area contributed by atoms with E-state index in [-0.39, 0.29) is 63.8 Å². The van der Waals surface area contributed by atoms with Gasteiger partial charge in [-0.05, 0) is 37.8 Å². The summed E-state index contributed by atoms with van der Waals surface area (Å²) in [5.74, 6) is 3.12. The predicted octanol–water partition coefficient (Wildman–Crippen LogP) is 0.879. The molecule has 3 amide bonds. The summed E-state index contributed by atoms with van der Waals surface area (Å²) < 4.78 is 40.8. The van der Waals surface area contributed by atoms with Crippen LogP contribution in [-0.2, 0) is 26.5 Å². The third-order valence-electron chi connectivity index (χ3n) is 6.75. The number of sulfone groups is 1. The number of benzene rings is 1. The highest BCUT2D eigenvalue weighted by Crippen LogP contribution is 2.34. The van der Waals surface area contributed by atoms with Crippen LogP contribution in [0.5, 0.6) is 0 Å². The minimum absolute atomic E-state index is 0.0499. The topological polar surface area (TPSA) is 154 Å². The number of amides is 3. The molecule has 0 radical (unpaired) electrons. The van der Waals surface area contributed by atoms with Crippen LogP contribution in [0.2, 0.25) is 0 Å². The lowest BCUT2D eigenvalue weighted by atomic mass is 10.1. The fourth-order valence-corrected chi connectivity index (χ4v) is 5.09. The van der Waals surface area contributed by atoms with Gasteiger partial charge in [-0.1, -0.05) is 11.8 Å². The van der Waals surface area contributed by atoms with Crippen LogP contribution in [0.4, 0.5) is 21.6 Å². The molecule has 2 aromatic rings. The number of aliphatic hydroxyl groups is 1. The van der Waals surface area contributed by atoms with Gasteiger partial charge >= 0.3 is 0 Å². The van der Waals surface area contributed by atoms with Gasteiger partial charge in [0.2, 0.25) is 33.2 Å². The largest absolute Gasteiger partial charge is 0.356 e. The summed E-state index contributed by atoms with van der Waals surface area (Å²) in [6, 6.07) is 2.70. The summed E-state index contributed by atoms with van der Waals surface area (Å²) in [5, 5.41) is 15.7. The van der Waals surface area contributed by atoms with Crippen molar-refractivity contribution in [3.63, 3.8) is 0 Å². The maximum absolute atomic E-state index is 15.4. The fourth-order valence-electron chi connectivity index (χ4n) is 4.25. The zero-order valence-electron chi connectivity index (χ0n) is 21.5. The van der Waals surface area contributed by atoms with Crippen molar-refractivity contribution in [1.82, 2.24) is 14.5 Å². The minimum Gasteiger partial charge on any atom is -0.356 e. The first-order valence-electron chi connectivity index (χ1n) is 12.3. The maximum Gasteiger partial charge on any atom is 0.277 e. The van der Waals surface area contributed by atoms with Crippen molar-refractivity contribution < 1.29 is 32.3 Å². The molecule has 0 saturated heterocycles.